The van der Waals surface area contributed by atoms with Gasteiger partial charge in [0.05, 0.1) is 5.02 Å². The molecule has 1 fully saturated rings. The first kappa shape index (κ1) is 12.6. The lowest BCUT2D eigenvalue weighted by Crippen LogP contribution is -2.30. The van der Waals surface area contributed by atoms with E-state index >= 15 is 0 Å². The summed E-state index contributed by atoms with van der Waals surface area (Å²) in [4.78, 5) is 1.14. The van der Waals surface area contributed by atoms with Gasteiger partial charge in [0.15, 0.2) is 0 Å². The van der Waals surface area contributed by atoms with Crippen molar-refractivity contribution in [1.82, 2.24) is 5.32 Å². The van der Waals surface area contributed by atoms with E-state index in [-0.39, 0.29) is 0 Å². The zero-order valence-corrected chi connectivity index (χ0v) is 11.3. The van der Waals surface area contributed by atoms with Crippen molar-refractivity contribution in [2.24, 2.45) is 5.92 Å². The number of hydrogen-bond donors (Lipinski definition) is 1. The molecule has 0 aromatic heterocycles. The van der Waals surface area contributed by atoms with Crippen LogP contribution in [0.3, 0.4) is 0 Å². The fraction of sp³-hybridized carbons (Fsp3) is 0.500. The van der Waals surface area contributed by atoms with E-state index in [1.807, 2.05) is 30.0 Å². The third-order valence-corrected chi connectivity index (χ3v) is 4.73. The van der Waals surface area contributed by atoms with Crippen LogP contribution in [0.15, 0.2) is 23.1 Å². The van der Waals surface area contributed by atoms with Gasteiger partial charge in [0.2, 0.25) is 0 Å². The molecule has 1 N–H and O–H groups in total. The molecule has 1 saturated heterocycles. The minimum atomic E-state index is 0.702. The zero-order valence-electron chi connectivity index (χ0n) is 9.01. The van der Waals surface area contributed by atoms with Crippen LogP contribution in [0.1, 0.15) is 12.8 Å². The summed E-state index contributed by atoms with van der Waals surface area (Å²) >= 11 is 13.8. The number of thioether (sulfide) groups is 1. The smallest absolute Gasteiger partial charge is 0.0556 e. The monoisotopic (exact) mass is 275 g/mol. The summed E-state index contributed by atoms with van der Waals surface area (Å²) in [6, 6.07) is 5.71. The van der Waals surface area contributed by atoms with Gasteiger partial charge in [0, 0.05) is 15.7 Å². The number of hydrogen-bond acceptors (Lipinski definition) is 2. The second-order valence-corrected chi connectivity index (χ2v) is 6.00. The van der Waals surface area contributed by atoms with E-state index < -0.39 is 0 Å². The molecule has 1 heterocycles. The van der Waals surface area contributed by atoms with E-state index in [9.17, 15) is 0 Å². The van der Waals surface area contributed by atoms with Crippen LogP contribution in [0.2, 0.25) is 10.0 Å². The Morgan fingerprint density at radius 2 is 2.25 bits per heavy atom. The van der Waals surface area contributed by atoms with Gasteiger partial charge < -0.3 is 5.32 Å². The molecule has 88 valence electrons. The summed E-state index contributed by atoms with van der Waals surface area (Å²) < 4.78 is 0. The highest BCUT2D eigenvalue weighted by molar-refractivity contribution is 7.99. The normalized spacial score (nSPS) is 21.0. The number of benzene rings is 1. The lowest BCUT2D eigenvalue weighted by atomic mass is 10.0. The predicted octanol–water partition coefficient (Wildman–Crippen LogP) is 4.09. The van der Waals surface area contributed by atoms with Crippen molar-refractivity contribution in [3.8, 4) is 0 Å². The Hall–Kier alpha value is 0.110. The first-order valence-corrected chi connectivity index (χ1v) is 7.28. The quantitative estimate of drug-likeness (QED) is 0.835. The highest BCUT2D eigenvalue weighted by atomic mass is 35.5. The van der Waals surface area contributed by atoms with Crippen LogP contribution in [0.25, 0.3) is 0 Å². The number of rotatable bonds is 3. The molecule has 0 bridgehead atoms. The summed E-state index contributed by atoms with van der Waals surface area (Å²) in [5.74, 6) is 1.90. The molecule has 0 saturated carbocycles. The lowest BCUT2D eigenvalue weighted by Gasteiger charge is -2.22. The Kier molecular flexibility index (Phi) is 4.83. The van der Waals surface area contributed by atoms with Gasteiger partial charge in [-0.25, -0.2) is 0 Å². The summed E-state index contributed by atoms with van der Waals surface area (Å²) in [5, 5.41) is 4.89. The molecular weight excluding hydrogens is 261 g/mol. The van der Waals surface area contributed by atoms with E-state index in [0.29, 0.717) is 5.02 Å². The van der Waals surface area contributed by atoms with Crippen molar-refractivity contribution in [3.05, 3.63) is 28.2 Å². The average molecular weight is 276 g/mol. The maximum atomic E-state index is 6.13. The van der Waals surface area contributed by atoms with Crippen molar-refractivity contribution in [2.75, 3.05) is 18.8 Å². The summed E-state index contributed by atoms with van der Waals surface area (Å²) in [6.45, 7) is 2.31. The van der Waals surface area contributed by atoms with Gasteiger partial charge in [-0.1, -0.05) is 23.2 Å². The molecule has 0 aliphatic carbocycles. The SMILES string of the molecule is Clc1ccc(SC[C@@H]2CCCNC2)c(Cl)c1. The predicted molar refractivity (Wildman–Crippen MR) is 72.8 cm³/mol. The topological polar surface area (TPSA) is 12.0 Å². The molecule has 1 aromatic carbocycles. The Morgan fingerprint density at radius 3 is 2.94 bits per heavy atom. The van der Waals surface area contributed by atoms with Crippen LogP contribution in [0, 0.1) is 5.92 Å². The highest BCUT2D eigenvalue weighted by Gasteiger charge is 2.13. The van der Waals surface area contributed by atoms with E-state index in [4.69, 9.17) is 23.2 Å². The minimum absolute atomic E-state index is 0.702. The van der Waals surface area contributed by atoms with E-state index in [2.05, 4.69) is 5.32 Å². The third-order valence-electron chi connectivity index (χ3n) is 2.77. The van der Waals surface area contributed by atoms with Gasteiger partial charge in [0.25, 0.3) is 0 Å². The fourth-order valence-corrected chi connectivity index (χ4v) is 3.50. The van der Waals surface area contributed by atoms with Crippen LogP contribution in [-0.2, 0) is 0 Å². The van der Waals surface area contributed by atoms with Gasteiger partial charge in [-0.15, -0.1) is 11.8 Å². The molecule has 16 heavy (non-hydrogen) atoms. The van der Waals surface area contributed by atoms with Crippen molar-refractivity contribution < 1.29 is 0 Å². The zero-order chi connectivity index (χ0) is 11.4. The lowest BCUT2D eigenvalue weighted by molar-refractivity contribution is 0.410. The maximum Gasteiger partial charge on any atom is 0.0556 e. The Bertz CT molecular complexity index is 351. The van der Waals surface area contributed by atoms with Crippen molar-refractivity contribution in [3.63, 3.8) is 0 Å². The molecule has 1 atom stereocenters. The molecule has 1 aromatic rings. The third kappa shape index (κ3) is 3.56. The van der Waals surface area contributed by atoms with Gasteiger partial charge in [-0.05, 0) is 50.0 Å². The van der Waals surface area contributed by atoms with Gasteiger partial charge in [-0.2, -0.15) is 0 Å². The molecule has 0 amide bonds. The van der Waals surface area contributed by atoms with Crippen LogP contribution in [0.4, 0.5) is 0 Å². The molecule has 1 aliphatic rings. The molecule has 1 nitrogen and oxygen atoms in total. The summed E-state index contributed by atoms with van der Waals surface area (Å²) in [5.41, 5.74) is 0. The number of piperidine rings is 1. The molecule has 2 rings (SSSR count). The Morgan fingerprint density at radius 1 is 1.38 bits per heavy atom. The number of halogens is 2. The maximum absolute atomic E-state index is 6.13. The van der Waals surface area contributed by atoms with E-state index in [1.54, 1.807) is 0 Å². The van der Waals surface area contributed by atoms with Gasteiger partial charge in [0.1, 0.15) is 0 Å². The van der Waals surface area contributed by atoms with Gasteiger partial charge >= 0.3 is 0 Å². The summed E-state index contributed by atoms with van der Waals surface area (Å²) in [6.07, 6.45) is 2.62. The van der Waals surface area contributed by atoms with Crippen LogP contribution in [0.5, 0.6) is 0 Å². The molecule has 0 spiro atoms. The summed E-state index contributed by atoms with van der Waals surface area (Å²) in [7, 11) is 0. The van der Waals surface area contributed by atoms with Crippen LogP contribution >= 0.6 is 35.0 Å². The molecular formula is C12H15Cl2NS. The first-order chi connectivity index (χ1) is 7.75. The van der Waals surface area contributed by atoms with E-state index in [0.717, 1.165) is 28.1 Å². The Labute approximate surface area is 111 Å². The molecule has 4 heteroatoms. The largest absolute Gasteiger partial charge is 0.316 e. The standard InChI is InChI=1S/C12H15Cl2NS/c13-10-3-4-12(11(14)6-10)16-8-9-2-1-5-15-7-9/h3-4,6,9,15H,1-2,5,7-8H2/t9-/m1/s1. The van der Waals surface area contributed by atoms with Crippen LogP contribution in [-0.4, -0.2) is 18.8 Å². The average Bonchev–Trinajstić information content (AvgIpc) is 2.29. The molecule has 0 radical (unpaired) electrons. The minimum Gasteiger partial charge on any atom is -0.316 e. The number of nitrogens with one attached hydrogen (secondary N) is 1. The molecule has 0 unspecified atom stereocenters. The van der Waals surface area contributed by atoms with Crippen molar-refractivity contribution in [1.29, 1.82) is 0 Å². The van der Waals surface area contributed by atoms with Crippen LogP contribution < -0.4 is 5.32 Å². The second kappa shape index (κ2) is 6.15. The second-order valence-electron chi connectivity index (χ2n) is 4.10. The van der Waals surface area contributed by atoms with Gasteiger partial charge in [-0.3, -0.25) is 0 Å². The highest BCUT2D eigenvalue weighted by Crippen LogP contribution is 2.31. The fourth-order valence-electron chi connectivity index (χ4n) is 1.87. The van der Waals surface area contributed by atoms with E-state index in [1.165, 1.54) is 19.4 Å². The molecule has 1 aliphatic heterocycles. The first-order valence-electron chi connectivity index (χ1n) is 5.54. The van der Waals surface area contributed by atoms with Crippen molar-refractivity contribution >= 4 is 35.0 Å². The Balaban J connectivity index is 1.88. The van der Waals surface area contributed by atoms with Crippen molar-refractivity contribution in [2.45, 2.75) is 17.7 Å².